The highest BCUT2D eigenvalue weighted by Crippen LogP contribution is 2.15. The third-order valence-electron chi connectivity index (χ3n) is 4.17. The molecular weight excluding hydrogens is 381 g/mol. The monoisotopic (exact) mass is 401 g/mol. The molecule has 0 saturated carbocycles. The van der Waals surface area contributed by atoms with Crippen molar-refractivity contribution in [3.63, 3.8) is 0 Å². The van der Waals surface area contributed by atoms with E-state index in [4.69, 9.17) is 0 Å². The van der Waals surface area contributed by atoms with Gasteiger partial charge in [0, 0.05) is 24.7 Å². The van der Waals surface area contributed by atoms with Crippen LogP contribution in [0.15, 0.2) is 64.5 Å². The van der Waals surface area contributed by atoms with Gasteiger partial charge in [-0.2, -0.15) is 0 Å². The summed E-state index contributed by atoms with van der Waals surface area (Å²) in [6, 6.07) is 12.1. The molecule has 3 rings (SSSR count). The van der Waals surface area contributed by atoms with Gasteiger partial charge in [0.2, 0.25) is 10.0 Å². The number of aryl methyl sites for hydroxylation is 2. The molecule has 8 heteroatoms. The van der Waals surface area contributed by atoms with Gasteiger partial charge in [-0.15, -0.1) is 0 Å². The molecule has 0 aliphatic carbocycles. The van der Waals surface area contributed by atoms with Gasteiger partial charge < -0.3 is 0 Å². The number of hydrogen-bond acceptors (Lipinski definition) is 4. The number of nitrogens with one attached hydrogen (secondary N) is 1. The predicted octanol–water partition coefficient (Wildman–Crippen LogP) is 2.64. The largest absolute Gasteiger partial charge is 0.298 e. The molecule has 1 N–H and O–H groups in total. The number of sulfonamides is 1. The third kappa shape index (κ3) is 4.71. The molecule has 1 heterocycles. The van der Waals surface area contributed by atoms with Gasteiger partial charge in [0.1, 0.15) is 5.82 Å². The Morgan fingerprint density at radius 3 is 2.29 bits per heavy atom. The van der Waals surface area contributed by atoms with E-state index in [1.807, 2.05) is 19.9 Å². The van der Waals surface area contributed by atoms with Gasteiger partial charge >= 0.3 is 0 Å². The van der Waals surface area contributed by atoms with Gasteiger partial charge in [0.05, 0.1) is 16.9 Å². The molecule has 6 nitrogen and oxygen atoms in total. The molecule has 0 unspecified atom stereocenters. The van der Waals surface area contributed by atoms with Crippen LogP contribution in [0.4, 0.5) is 4.39 Å². The van der Waals surface area contributed by atoms with E-state index < -0.39 is 10.0 Å². The van der Waals surface area contributed by atoms with Crippen LogP contribution in [0.2, 0.25) is 0 Å². The molecule has 0 fully saturated rings. The minimum absolute atomic E-state index is 0.0484. The second-order valence-corrected chi connectivity index (χ2v) is 8.30. The van der Waals surface area contributed by atoms with E-state index >= 15 is 0 Å². The summed E-state index contributed by atoms with van der Waals surface area (Å²) in [5, 5.41) is 0. The van der Waals surface area contributed by atoms with E-state index in [9.17, 15) is 17.6 Å². The first kappa shape index (κ1) is 19.9. The topological polar surface area (TPSA) is 81.1 Å². The lowest BCUT2D eigenvalue weighted by Gasteiger charge is -2.10. The van der Waals surface area contributed by atoms with Crippen LogP contribution < -0.4 is 10.3 Å². The summed E-state index contributed by atoms with van der Waals surface area (Å²) in [5.74, 6) is -0.367. The van der Waals surface area contributed by atoms with Gasteiger partial charge in [0.25, 0.3) is 5.56 Å². The lowest BCUT2D eigenvalue weighted by molar-refractivity contribution is 0.568. The Balaban J connectivity index is 1.69. The van der Waals surface area contributed by atoms with Crippen LogP contribution in [0, 0.1) is 19.7 Å². The van der Waals surface area contributed by atoms with Crippen molar-refractivity contribution in [3.05, 3.63) is 82.2 Å². The molecule has 0 saturated heterocycles. The fourth-order valence-electron chi connectivity index (χ4n) is 2.84. The van der Waals surface area contributed by atoms with Crippen LogP contribution in [0.3, 0.4) is 0 Å². The molecule has 0 amide bonds. The molecule has 3 aromatic rings. The second-order valence-electron chi connectivity index (χ2n) is 6.53. The van der Waals surface area contributed by atoms with Crippen LogP contribution in [0.1, 0.15) is 11.1 Å². The van der Waals surface area contributed by atoms with Crippen LogP contribution in [0.5, 0.6) is 0 Å². The minimum Gasteiger partial charge on any atom is -0.298 e. The zero-order valence-corrected chi connectivity index (χ0v) is 16.3. The van der Waals surface area contributed by atoms with Gasteiger partial charge in [-0.3, -0.25) is 9.36 Å². The number of hydrogen-bond donors (Lipinski definition) is 1. The van der Waals surface area contributed by atoms with Crippen LogP contribution in [-0.4, -0.2) is 24.5 Å². The maximum absolute atomic E-state index is 13.0. The van der Waals surface area contributed by atoms with E-state index in [-0.39, 0.29) is 29.4 Å². The second kappa shape index (κ2) is 8.04. The number of aromatic nitrogens is 2. The number of nitrogens with zero attached hydrogens (tertiary/aromatic N) is 2. The normalized spacial score (nSPS) is 11.5. The zero-order chi connectivity index (χ0) is 20.3. The molecule has 0 atom stereocenters. The Hall–Kier alpha value is -2.84. The van der Waals surface area contributed by atoms with Crippen molar-refractivity contribution in [2.45, 2.75) is 25.3 Å². The molecule has 0 aliphatic rings. The third-order valence-corrected chi connectivity index (χ3v) is 5.61. The smallest absolute Gasteiger partial charge is 0.253 e. The highest BCUT2D eigenvalue weighted by Gasteiger charge is 2.14. The Morgan fingerprint density at radius 1 is 1.04 bits per heavy atom. The molecule has 146 valence electrons. The average Bonchev–Trinajstić information content (AvgIpc) is 2.63. The highest BCUT2D eigenvalue weighted by molar-refractivity contribution is 7.89. The summed E-state index contributed by atoms with van der Waals surface area (Å²) >= 11 is 0. The SMILES string of the molecule is Cc1cc(C)cc(S(=O)(=O)NCCn2cnc(-c3ccc(F)cc3)cc2=O)c1. The first-order chi connectivity index (χ1) is 13.2. The van der Waals surface area contributed by atoms with Crippen molar-refractivity contribution in [2.75, 3.05) is 6.54 Å². The number of rotatable bonds is 6. The van der Waals surface area contributed by atoms with Gasteiger partial charge in [0.15, 0.2) is 0 Å². The lowest BCUT2D eigenvalue weighted by atomic mass is 10.1. The summed E-state index contributed by atoms with van der Waals surface area (Å²) in [7, 11) is -3.66. The Bertz CT molecular complexity index is 1140. The number of halogens is 1. The Morgan fingerprint density at radius 2 is 1.68 bits per heavy atom. The summed E-state index contributed by atoms with van der Waals surface area (Å²) < 4.78 is 41.7. The standard InChI is InChI=1S/C20H20FN3O3S/c1-14-9-15(2)11-18(10-14)28(26,27)23-7-8-24-13-22-19(12-20(24)25)16-3-5-17(21)6-4-16/h3-6,9-13,23H,7-8H2,1-2H3. The molecular formula is C20H20FN3O3S. The lowest BCUT2D eigenvalue weighted by Crippen LogP contribution is -2.31. The molecule has 0 radical (unpaired) electrons. The fourth-order valence-corrected chi connectivity index (χ4v) is 4.05. The quantitative estimate of drug-likeness (QED) is 0.689. The molecule has 1 aromatic heterocycles. The van der Waals surface area contributed by atoms with Crippen molar-refractivity contribution in [1.82, 2.24) is 14.3 Å². The summed E-state index contributed by atoms with van der Waals surface area (Å²) in [4.78, 5) is 16.7. The fraction of sp³-hybridized carbons (Fsp3) is 0.200. The van der Waals surface area contributed by atoms with Crippen molar-refractivity contribution < 1.29 is 12.8 Å². The first-order valence-electron chi connectivity index (χ1n) is 8.65. The van der Waals surface area contributed by atoms with E-state index in [0.29, 0.717) is 11.3 Å². The van der Waals surface area contributed by atoms with E-state index in [0.717, 1.165) is 11.1 Å². The Labute approximate surface area is 162 Å². The summed E-state index contributed by atoms with van der Waals surface area (Å²) in [6.07, 6.45) is 1.35. The van der Waals surface area contributed by atoms with Crippen LogP contribution in [0.25, 0.3) is 11.3 Å². The Kier molecular flexibility index (Phi) is 5.71. The van der Waals surface area contributed by atoms with Crippen molar-refractivity contribution >= 4 is 10.0 Å². The van der Waals surface area contributed by atoms with Crippen molar-refractivity contribution in [1.29, 1.82) is 0 Å². The van der Waals surface area contributed by atoms with E-state index in [2.05, 4.69) is 9.71 Å². The molecule has 0 bridgehead atoms. The van der Waals surface area contributed by atoms with Gasteiger partial charge in [-0.05, 0) is 61.4 Å². The highest BCUT2D eigenvalue weighted by atomic mass is 32.2. The van der Waals surface area contributed by atoms with Crippen LogP contribution in [-0.2, 0) is 16.6 Å². The molecule has 0 spiro atoms. The van der Waals surface area contributed by atoms with Crippen molar-refractivity contribution in [3.8, 4) is 11.3 Å². The molecule has 0 aliphatic heterocycles. The summed E-state index contributed by atoms with van der Waals surface area (Å²) in [6.45, 7) is 3.85. The molecule has 2 aromatic carbocycles. The van der Waals surface area contributed by atoms with Gasteiger partial charge in [-0.25, -0.2) is 22.5 Å². The van der Waals surface area contributed by atoms with Crippen LogP contribution >= 0.6 is 0 Å². The van der Waals surface area contributed by atoms with E-state index in [1.165, 1.54) is 29.1 Å². The maximum atomic E-state index is 13.0. The van der Waals surface area contributed by atoms with Crippen molar-refractivity contribution in [2.24, 2.45) is 0 Å². The summed E-state index contributed by atoms with van der Waals surface area (Å²) in [5.41, 5.74) is 2.45. The first-order valence-corrected chi connectivity index (χ1v) is 10.1. The zero-order valence-electron chi connectivity index (χ0n) is 15.5. The average molecular weight is 401 g/mol. The predicted molar refractivity (Wildman–Crippen MR) is 105 cm³/mol. The molecule has 28 heavy (non-hydrogen) atoms. The van der Waals surface area contributed by atoms with Gasteiger partial charge in [-0.1, -0.05) is 6.07 Å². The number of benzene rings is 2. The maximum Gasteiger partial charge on any atom is 0.253 e. The minimum atomic E-state index is -3.66. The van der Waals surface area contributed by atoms with E-state index in [1.54, 1.807) is 24.3 Å².